The summed E-state index contributed by atoms with van der Waals surface area (Å²) in [4.78, 5) is 21.1. The zero-order valence-electron chi connectivity index (χ0n) is 10.8. The van der Waals surface area contributed by atoms with Gasteiger partial charge in [0, 0.05) is 11.6 Å². The van der Waals surface area contributed by atoms with E-state index in [9.17, 15) is 4.79 Å². The van der Waals surface area contributed by atoms with Crippen LogP contribution in [0.5, 0.6) is 0 Å². The lowest BCUT2D eigenvalue weighted by Gasteiger charge is -2.08. The fourth-order valence-electron chi connectivity index (χ4n) is 1.95. The Balaban J connectivity index is 1.99. The Morgan fingerprint density at radius 1 is 1.30 bits per heavy atom. The van der Waals surface area contributed by atoms with Crippen LogP contribution < -0.4 is 11.1 Å². The van der Waals surface area contributed by atoms with Gasteiger partial charge in [-0.05, 0) is 31.2 Å². The van der Waals surface area contributed by atoms with Crippen molar-refractivity contribution in [2.24, 2.45) is 0 Å². The molecule has 0 saturated carbocycles. The van der Waals surface area contributed by atoms with Crippen molar-refractivity contribution < 1.29 is 4.79 Å². The van der Waals surface area contributed by atoms with Gasteiger partial charge in [0.2, 0.25) is 0 Å². The fraction of sp³-hybridized carbons (Fsp3) is 0.0714. The number of aromatic nitrogens is 2. The molecule has 0 atom stereocenters. The largest absolute Gasteiger partial charge is 0.397 e. The van der Waals surface area contributed by atoms with E-state index in [-0.39, 0.29) is 5.91 Å². The van der Waals surface area contributed by atoms with Gasteiger partial charge in [-0.3, -0.25) is 9.78 Å². The molecule has 0 aliphatic carbocycles. The number of fused-ring (bicyclic) bond motifs is 1. The number of amides is 1. The number of nitrogen functional groups attached to an aromatic ring is 1. The average molecular weight is 284 g/mol. The van der Waals surface area contributed by atoms with Crippen molar-refractivity contribution in [3.05, 3.63) is 46.5 Å². The Labute approximate surface area is 119 Å². The number of thiazole rings is 1. The Morgan fingerprint density at radius 2 is 2.15 bits per heavy atom. The molecule has 3 aromatic rings. The van der Waals surface area contributed by atoms with E-state index in [1.807, 2.05) is 19.1 Å². The first-order valence-electron chi connectivity index (χ1n) is 6.02. The Morgan fingerprint density at radius 3 is 2.90 bits per heavy atom. The molecule has 1 amide bonds. The molecular formula is C14H12N4OS. The van der Waals surface area contributed by atoms with Crippen LogP contribution in [-0.4, -0.2) is 15.9 Å². The molecule has 0 aliphatic rings. The number of benzene rings is 1. The number of rotatable bonds is 2. The number of aryl methyl sites for hydroxylation is 1. The van der Waals surface area contributed by atoms with Crippen LogP contribution in [0.2, 0.25) is 0 Å². The lowest BCUT2D eigenvalue weighted by Crippen LogP contribution is -2.10. The summed E-state index contributed by atoms with van der Waals surface area (Å²) in [6.45, 7) is 1.87. The van der Waals surface area contributed by atoms with Gasteiger partial charge in [0.05, 0.1) is 28.1 Å². The SMILES string of the molecule is Cc1ncc(C(=O)Nc2ccc(N)c3ncccc23)s1. The molecule has 0 fully saturated rings. The zero-order valence-corrected chi connectivity index (χ0v) is 11.6. The van der Waals surface area contributed by atoms with Crippen molar-refractivity contribution >= 4 is 39.5 Å². The average Bonchev–Trinajstić information content (AvgIpc) is 2.89. The third-order valence-corrected chi connectivity index (χ3v) is 3.81. The summed E-state index contributed by atoms with van der Waals surface area (Å²) in [5.41, 5.74) is 7.86. The minimum atomic E-state index is -0.175. The normalized spacial score (nSPS) is 10.7. The molecule has 0 spiro atoms. The highest BCUT2D eigenvalue weighted by Crippen LogP contribution is 2.27. The summed E-state index contributed by atoms with van der Waals surface area (Å²) in [6, 6.07) is 7.22. The van der Waals surface area contributed by atoms with Crippen molar-refractivity contribution in [1.29, 1.82) is 0 Å². The van der Waals surface area contributed by atoms with Gasteiger partial charge < -0.3 is 11.1 Å². The van der Waals surface area contributed by atoms with Gasteiger partial charge >= 0.3 is 0 Å². The molecule has 0 bridgehead atoms. The first-order valence-corrected chi connectivity index (χ1v) is 6.84. The number of anilines is 2. The number of carbonyl (C=O) groups excluding carboxylic acids is 1. The molecule has 3 rings (SSSR count). The van der Waals surface area contributed by atoms with Crippen LogP contribution in [0.25, 0.3) is 10.9 Å². The number of hydrogen-bond donors (Lipinski definition) is 2. The number of pyridine rings is 1. The second-order valence-corrected chi connectivity index (χ2v) is 5.53. The molecule has 0 aliphatic heterocycles. The number of nitrogens with two attached hydrogens (primary N) is 1. The maximum Gasteiger partial charge on any atom is 0.267 e. The number of hydrogen-bond acceptors (Lipinski definition) is 5. The van der Waals surface area contributed by atoms with Crippen LogP contribution in [0.15, 0.2) is 36.7 Å². The highest BCUT2D eigenvalue weighted by molar-refractivity contribution is 7.13. The van der Waals surface area contributed by atoms with E-state index in [1.54, 1.807) is 24.5 Å². The second-order valence-electron chi connectivity index (χ2n) is 4.30. The molecule has 100 valence electrons. The first kappa shape index (κ1) is 12.6. The van der Waals surface area contributed by atoms with Gasteiger partial charge in [0.1, 0.15) is 4.88 Å². The van der Waals surface area contributed by atoms with Crippen LogP contribution >= 0.6 is 11.3 Å². The number of carbonyl (C=O) groups is 1. The van der Waals surface area contributed by atoms with Crippen molar-refractivity contribution in [3.8, 4) is 0 Å². The van der Waals surface area contributed by atoms with Gasteiger partial charge in [0.15, 0.2) is 0 Å². The van der Waals surface area contributed by atoms with E-state index in [0.717, 1.165) is 10.4 Å². The smallest absolute Gasteiger partial charge is 0.267 e. The van der Waals surface area contributed by atoms with Gasteiger partial charge in [-0.2, -0.15) is 0 Å². The molecule has 20 heavy (non-hydrogen) atoms. The number of nitrogens with one attached hydrogen (secondary N) is 1. The number of nitrogens with zero attached hydrogens (tertiary/aromatic N) is 2. The van der Waals surface area contributed by atoms with E-state index in [0.29, 0.717) is 21.8 Å². The minimum Gasteiger partial charge on any atom is -0.397 e. The highest BCUT2D eigenvalue weighted by atomic mass is 32.1. The maximum atomic E-state index is 12.2. The molecule has 1 aromatic carbocycles. The maximum absolute atomic E-state index is 12.2. The van der Waals surface area contributed by atoms with Crippen LogP contribution in [0.1, 0.15) is 14.7 Å². The van der Waals surface area contributed by atoms with Gasteiger partial charge in [-0.15, -0.1) is 11.3 Å². The van der Waals surface area contributed by atoms with Crippen LogP contribution in [0.4, 0.5) is 11.4 Å². The molecule has 5 nitrogen and oxygen atoms in total. The van der Waals surface area contributed by atoms with E-state index < -0.39 is 0 Å². The molecular weight excluding hydrogens is 272 g/mol. The predicted octanol–water partition coefficient (Wildman–Crippen LogP) is 2.83. The van der Waals surface area contributed by atoms with E-state index in [2.05, 4.69) is 15.3 Å². The third-order valence-electron chi connectivity index (χ3n) is 2.89. The lowest BCUT2D eigenvalue weighted by molar-refractivity contribution is 0.103. The van der Waals surface area contributed by atoms with E-state index in [1.165, 1.54) is 11.3 Å². The topological polar surface area (TPSA) is 80.9 Å². The summed E-state index contributed by atoms with van der Waals surface area (Å²) < 4.78 is 0. The Kier molecular flexibility index (Phi) is 3.08. The standard InChI is InChI=1S/C14H12N4OS/c1-8-17-7-12(20-8)14(19)18-11-5-4-10(15)13-9(11)3-2-6-16-13/h2-7H,15H2,1H3,(H,18,19). The van der Waals surface area contributed by atoms with Crippen LogP contribution in [-0.2, 0) is 0 Å². The molecule has 2 aromatic heterocycles. The summed E-state index contributed by atoms with van der Waals surface area (Å²) in [5.74, 6) is -0.175. The summed E-state index contributed by atoms with van der Waals surface area (Å²) in [6.07, 6.45) is 3.25. The van der Waals surface area contributed by atoms with E-state index in [4.69, 9.17) is 5.73 Å². The first-order chi connectivity index (χ1) is 9.65. The second kappa shape index (κ2) is 4.90. The predicted molar refractivity (Wildman–Crippen MR) is 81.0 cm³/mol. The lowest BCUT2D eigenvalue weighted by atomic mass is 10.1. The van der Waals surface area contributed by atoms with Gasteiger partial charge in [-0.25, -0.2) is 4.98 Å². The van der Waals surface area contributed by atoms with Crippen LogP contribution in [0.3, 0.4) is 0 Å². The molecule has 6 heteroatoms. The fourth-order valence-corrected chi connectivity index (χ4v) is 2.63. The van der Waals surface area contributed by atoms with E-state index >= 15 is 0 Å². The zero-order chi connectivity index (χ0) is 14.1. The molecule has 0 unspecified atom stereocenters. The van der Waals surface area contributed by atoms with Crippen LogP contribution in [0, 0.1) is 6.92 Å². The highest BCUT2D eigenvalue weighted by Gasteiger charge is 2.12. The Hall–Kier alpha value is -2.47. The quantitative estimate of drug-likeness (QED) is 0.709. The van der Waals surface area contributed by atoms with Gasteiger partial charge in [0.25, 0.3) is 5.91 Å². The van der Waals surface area contributed by atoms with Crippen molar-refractivity contribution in [3.63, 3.8) is 0 Å². The molecule has 0 radical (unpaired) electrons. The van der Waals surface area contributed by atoms with Gasteiger partial charge in [-0.1, -0.05) is 0 Å². The summed E-state index contributed by atoms with van der Waals surface area (Å²) in [7, 11) is 0. The molecule has 0 saturated heterocycles. The molecule has 3 N–H and O–H groups in total. The monoisotopic (exact) mass is 284 g/mol. The van der Waals surface area contributed by atoms with Crippen molar-refractivity contribution in [2.75, 3.05) is 11.1 Å². The third kappa shape index (κ3) is 2.21. The summed E-state index contributed by atoms with van der Waals surface area (Å²) >= 11 is 1.36. The Bertz CT molecular complexity index is 797. The van der Waals surface area contributed by atoms with Crippen molar-refractivity contribution in [2.45, 2.75) is 6.92 Å². The minimum absolute atomic E-state index is 0.175. The molecule has 2 heterocycles. The summed E-state index contributed by atoms with van der Waals surface area (Å²) in [5, 5.41) is 4.56. The van der Waals surface area contributed by atoms with Crippen molar-refractivity contribution in [1.82, 2.24) is 9.97 Å².